The highest BCUT2D eigenvalue weighted by Crippen LogP contribution is 2.37. The summed E-state index contributed by atoms with van der Waals surface area (Å²) in [6, 6.07) is 2.96. The van der Waals surface area contributed by atoms with Gasteiger partial charge in [-0.05, 0) is 67.5 Å². The van der Waals surface area contributed by atoms with Gasteiger partial charge in [0.25, 0.3) is 5.69 Å². The molecule has 12 heteroatoms. The first-order valence-electron chi connectivity index (χ1n) is 11.1. The number of aliphatic imine (C=N–C) groups is 1. The summed E-state index contributed by atoms with van der Waals surface area (Å²) in [6.07, 6.45) is -11.6. The summed E-state index contributed by atoms with van der Waals surface area (Å²) in [7, 11) is 0. The Morgan fingerprint density at radius 1 is 0.771 bits per heavy atom. The lowest BCUT2D eigenvalue weighted by molar-refractivity contribution is -0.384. The van der Waals surface area contributed by atoms with Gasteiger partial charge in [0.15, 0.2) is 0 Å². The predicted octanol–water partition coefficient (Wildman–Crippen LogP) is 7.02. The summed E-state index contributed by atoms with van der Waals surface area (Å²) < 4.78 is 81.4. The van der Waals surface area contributed by atoms with E-state index in [1.165, 1.54) is 0 Å². The highest BCUT2D eigenvalue weighted by atomic mass is 19.4. The molecule has 0 aliphatic carbocycles. The molecule has 0 saturated carbocycles. The molecule has 1 aromatic carbocycles. The van der Waals surface area contributed by atoms with Crippen molar-refractivity contribution in [1.82, 2.24) is 9.80 Å². The number of rotatable bonds is 9. The molecule has 0 atom stereocenters. The third kappa shape index (κ3) is 7.60. The highest BCUT2D eigenvalue weighted by molar-refractivity contribution is 5.98. The van der Waals surface area contributed by atoms with Crippen LogP contribution in [-0.4, -0.2) is 57.0 Å². The minimum absolute atomic E-state index is 0.0693. The summed E-state index contributed by atoms with van der Waals surface area (Å²) in [5, 5.41) is 11.1. The Kier molecular flexibility index (Phi) is 9.76. The van der Waals surface area contributed by atoms with Crippen molar-refractivity contribution >= 4 is 17.1 Å². The first-order chi connectivity index (χ1) is 15.8. The smallest absolute Gasteiger partial charge is 0.352 e. The largest absolute Gasteiger partial charge is 0.438 e. The summed E-state index contributed by atoms with van der Waals surface area (Å²) in [5.74, 6) is 0.0693. The van der Waals surface area contributed by atoms with Crippen LogP contribution in [0.1, 0.15) is 61.0 Å². The maximum atomic E-state index is 13.6. The minimum atomic E-state index is -5.78. The molecule has 35 heavy (non-hydrogen) atoms. The topological polar surface area (TPSA) is 62.0 Å². The normalized spacial score (nSPS) is 12.4. The van der Waals surface area contributed by atoms with Crippen LogP contribution < -0.4 is 0 Å². The number of halogens is 6. The van der Waals surface area contributed by atoms with Crippen LogP contribution in [0.15, 0.2) is 35.1 Å². The van der Waals surface area contributed by atoms with Crippen LogP contribution in [0, 0.1) is 10.1 Å². The molecule has 0 radical (unpaired) electrons. The van der Waals surface area contributed by atoms with Crippen LogP contribution in [0.3, 0.4) is 0 Å². The number of hydrogen-bond acceptors (Lipinski definition) is 5. The molecule has 0 N–H and O–H groups in total. The van der Waals surface area contributed by atoms with Gasteiger partial charge in [-0.25, -0.2) is 4.99 Å². The lowest BCUT2D eigenvalue weighted by Crippen LogP contribution is -2.48. The van der Waals surface area contributed by atoms with Crippen molar-refractivity contribution in [3.05, 3.63) is 45.8 Å². The molecule has 0 aliphatic rings. The first-order valence-corrected chi connectivity index (χ1v) is 11.1. The number of alkyl halides is 6. The molecule has 0 aliphatic heterocycles. The molecule has 0 unspecified atom stereocenters. The molecule has 0 spiro atoms. The summed E-state index contributed by atoms with van der Waals surface area (Å²) in [5.41, 5.74) is -3.96. The number of nitrogens with zero attached hydrogens (tertiary/aromatic N) is 4. The van der Waals surface area contributed by atoms with E-state index in [-0.39, 0.29) is 41.2 Å². The molecule has 0 bridgehead atoms. The zero-order chi connectivity index (χ0) is 27.5. The quantitative estimate of drug-likeness (QED) is 0.155. The number of nitro groups is 1. The monoisotopic (exact) mass is 510 g/mol. The zero-order valence-electron chi connectivity index (χ0n) is 21.0. The maximum Gasteiger partial charge on any atom is 0.438 e. The lowest BCUT2D eigenvalue weighted by atomic mass is 10.1. The fourth-order valence-electron chi connectivity index (χ4n) is 3.93. The Labute approximate surface area is 201 Å². The van der Waals surface area contributed by atoms with Gasteiger partial charge in [0.1, 0.15) is 11.5 Å². The van der Waals surface area contributed by atoms with E-state index in [9.17, 15) is 36.5 Å². The number of hydrogen-bond donors (Lipinski definition) is 0. The number of non-ortho nitro benzene ring substituents is 1. The predicted molar refractivity (Wildman–Crippen MR) is 124 cm³/mol. The van der Waals surface area contributed by atoms with E-state index in [4.69, 9.17) is 0 Å². The van der Waals surface area contributed by atoms with Crippen LogP contribution in [0.4, 0.5) is 32.0 Å². The van der Waals surface area contributed by atoms with Gasteiger partial charge in [0.2, 0.25) is 5.71 Å². The lowest BCUT2D eigenvalue weighted by Gasteiger charge is -2.45. The second kappa shape index (κ2) is 11.3. The molecule has 0 heterocycles. The van der Waals surface area contributed by atoms with Crippen molar-refractivity contribution in [3.63, 3.8) is 0 Å². The van der Waals surface area contributed by atoms with E-state index in [0.29, 0.717) is 0 Å². The van der Waals surface area contributed by atoms with Crippen LogP contribution in [0.2, 0.25) is 0 Å². The van der Waals surface area contributed by atoms with E-state index in [1.807, 2.05) is 0 Å². The SMILES string of the molecule is CC(C)N(C(=C(N=C(C(F)(F)F)C(F)(F)F)c1ccc([N+](=O)[O-])cc1)N(C(C)C)C(C)C)C(C)C. The molecule has 0 aromatic heterocycles. The third-order valence-corrected chi connectivity index (χ3v) is 5.04. The molecule has 1 rings (SSSR count). The van der Waals surface area contributed by atoms with Gasteiger partial charge >= 0.3 is 12.4 Å². The van der Waals surface area contributed by atoms with Crippen LogP contribution in [0.5, 0.6) is 0 Å². The van der Waals surface area contributed by atoms with Gasteiger partial charge in [-0.2, -0.15) is 26.3 Å². The summed E-state index contributed by atoms with van der Waals surface area (Å²) in [4.78, 5) is 17.0. The van der Waals surface area contributed by atoms with Gasteiger partial charge < -0.3 is 9.80 Å². The van der Waals surface area contributed by atoms with E-state index < -0.39 is 28.7 Å². The van der Waals surface area contributed by atoms with E-state index in [0.717, 1.165) is 24.3 Å². The van der Waals surface area contributed by atoms with Crippen molar-refractivity contribution in [2.45, 2.75) is 91.9 Å². The number of nitro benzene ring substituents is 1. The van der Waals surface area contributed by atoms with Gasteiger partial charge in [0, 0.05) is 41.9 Å². The number of benzene rings is 1. The third-order valence-electron chi connectivity index (χ3n) is 5.04. The van der Waals surface area contributed by atoms with Crippen molar-refractivity contribution in [2.75, 3.05) is 0 Å². The molecule has 1 aromatic rings. The van der Waals surface area contributed by atoms with E-state index in [1.54, 1.807) is 65.2 Å². The van der Waals surface area contributed by atoms with Crippen LogP contribution in [-0.2, 0) is 0 Å². The second-order valence-corrected chi connectivity index (χ2v) is 9.12. The Bertz CT molecular complexity index is 879. The molecule has 0 fully saturated rings. The van der Waals surface area contributed by atoms with Gasteiger partial charge in [0.05, 0.1) is 4.92 Å². The summed E-state index contributed by atoms with van der Waals surface area (Å²) >= 11 is 0. The zero-order valence-corrected chi connectivity index (χ0v) is 21.0. The van der Waals surface area contributed by atoms with Crippen molar-refractivity contribution in [2.24, 2.45) is 4.99 Å². The average molecular weight is 511 g/mol. The summed E-state index contributed by atoms with van der Waals surface area (Å²) in [6.45, 7) is 14.1. The fourth-order valence-corrected chi connectivity index (χ4v) is 3.93. The average Bonchev–Trinajstić information content (AvgIpc) is 2.65. The van der Waals surface area contributed by atoms with Crippen LogP contribution in [0.25, 0.3) is 5.70 Å². The van der Waals surface area contributed by atoms with Crippen molar-refractivity contribution in [3.8, 4) is 0 Å². The van der Waals surface area contributed by atoms with Crippen molar-refractivity contribution in [1.29, 1.82) is 0 Å². The second-order valence-electron chi connectivity index (χ2n) is 9.12. The van der Waals surface area contributed by atoms with Crippen molar-refractivity contribution < 1.29 is 31.3 Å². The highest BCUT2D eigenvalue weighted by Gasteiger charge is 2.53. The van der Waals surface area contributed by atoms with E-state index >= 15 is 0 Å². The van der Waals surface area contributed by atoms with E-state index in [2.05, 4.69) is 4.99 Å². The molecular weight excluding hydrogens is 478 g/mol. The molecule has 6 nitrogen and oxygen atoms in total. The molecule has 198 valence electrons. The molecule has 0 saturated heterocycles. The van der Waals surface area contributed by atoms with Crippen LogP contribution >= 0.6 is 0 Å². The minimum Gasteiger partial charge on any atom is -0.352 e. The maximum absolute atomic E-state index is 13.6. The van der Waals surface area contributed by atoms with Gasteiger partial charge in [-0.1, -0.05) is 0 Å². The first kappa shape index (κ1) is 30.2. The molecule has 0 amide bonds. The van der Waals surface area contributed by atoms with Gasteiger partial charge in [-0.3, -0.25) is 10.1 Å². The Morgan fingerprint density at radius 3 is 1.37 bits per heavy atom. The Balaban J connectivity index is 4.35. The Morgan fingerprint density at radius 2 is 1.11 bits per heavy atom. The standard InChI is InChI=1S/C23H32F6N4O2/c1-13(2)31(14(3)4)20(32(15(5)6)16(7)8)19(17-9-11-18(12-10-17)33(34)35)30-21(22(24,25)26)23(27,28)29/h9-16H,1-8H3. The van der Waals surface area contributed by atoms with Gasteiger partial charge in [-0.15, -0.1) is 0 Å². The fraction of sp³-hybridized carbons (Fsp3) is 0.609. The Hall–Kier alpha value is -2.79. The molecular formula is C23H32F6N4O2.